The number of methoxy groups -OCH3 is 1. The third-order valence-electron chi connectivity index (χ3n) is 5.72. The number of ether oxygens (including phenoxy) is 3. The summed E-state index contributed by atoms with van der Waals surface area (Å²) in [5.41, 5.74) is 0.671. The van der Waals surface area contributed by atoms with Crippen molar-refractivity contribution in [1.29, 1.82) is 0 Å². The number of rotatable bonds is 12. The van der Waals surface area contributed by atoms with Gasteiger partial charge >= 0.3 is 5.97 Å². The normalized spacial score (nSPS) is 23.6. The van der Waals surface area contributed by atoms with E-state index >= 15 is 0 Å². The maximum atomic E-state index is 11.5. The van der Waals surface area contributed by atoms with Crippen molar-refractivity contribution in [2.75, 3.05) is 52.1 Å². The van der Waals surface area contributed by atoms with Crippen molar-refractivity contribution in [3.05, 3.63) is 23.8 Å². The zero-order valence-corrected chi connectivity index (χ0v) is 19.5. The Bertz CT molecular complexity index is 793. The molecular formula is C21H30N2O6S2. The number of hydrogen-bond donors (Lipinski definition) is 3. The molecule has 1 aromatic rings. The first kappa shape index (κ1) is 24.2. The molecule has 0 saturated heterocycles. The molecule has 1 aromatic carbocycles. The summed E-state index contributed by atoms with van der Waals surface area (Å²) in [6, 6.07) is 4.68. The second kappa shape index (κ2) is 11.4. The zero-order chi connectivity index (χ0) is 22.4. The van der Waals surface area contributed by atoms with Crippen molar-refractivity contribution < 1.29 is 29.2 Å². The fraction of sp³-hybridized carbons (Fsp3) is 0.619. The number of thioether (sulfide) groups is 1. The molecule has 2 aliphatic rings. The summed E-state index contributed by atoms with van der Waals surface area (Å²) in [7, 11) is 3.45. The third-order valence-corrected chi connectivity index (χ3v) is 7.26. The summed E-state index contributed by atoms with van der Waals surface area (Å²) < 4.78 is 15.9. The second-order valence-corrected chi connectivity index (χ2v) is 9.01. The quantitative estimate of drug-likeness (QED) is 0.315. The molecule has 31 heavy (non-hydrogen) atoms. The summed E-state index contributed by atoms with van der Waals surface area (Å²) in [5.74, 6) is 1.40. The van der Waals surface area contributed by atoms with Crippen LogP contribution in [-0.4, -0.2) is 96.3 Å². The second-order valence-electron chi connectivity index (χ2n) is 7.63. The number of phenols is 1. The van der Waals surface area contributed by atoms with Crippen LogP contribution < -0.4 is 4.74 Å². The van der Waals surface area contributed by atoms with Crippen molar-refractivity contribution in [2.24, 2.45) is 10.9 Å². The minimum atomic E-state index is -0.868. The van der Waals surface area contributed by atoms with E-state index < -0.39 is 12.0 Å². The lowest BCUT2D eigenvalue weighted by Crippen LogP contribution is -2.60. The summed E-state index contributed by atoms with van der Waals surface area (Å²) in [6.45, 7) is 1.88. The molecule has 8 nitrogen and oxygen atoms in total. The number of likely N-dealkylation sites (N-methyl/N-ethyl adjacent to an activating group) is 1. The van der Waals surface area contributed by atoms with E-state index in [-0.39, 0.29) is 23.6 Å². The van der Waals surface area contributed by atoms with Gasteiger partial charge < -0.3 is 24.4 Å². The van der Waals surface area contributed by atoms with Crippen molar-refractivity contribution in [2.45, 2.75) is 24.5 Å². The molecule has 0 radical (unpaired) electrons. The molecule has 0 bridgehead atoms. The van der Waals surface area contributed by atoms with Crippen LogP contribution in [0.3, 0.4) is 0 Å². The number of aliphatic imine (C=N–C) groups is 1. The zero-order valence-electron chi connectivity index (χ0n) is 17.8. The molecule has 0 aromatic heterocycles. The minimum absolute atomic E-state index is 0.0301. The molecule has 1 saturated carbocycles. The van der Waals surface area contributed by atoms with Gasteiger partial charge in [-0.05, 0) is 31.5 Å². The Balaban J connectivity index is 1.62. The number of carboxylic acid groups (broad SMARTS) is 1. The van der Waals surface area contributed by atoms with Gasteiger partial charge in [0.25, 0.3) is 0 Å². The lowest BCUT2D eigenvalue weighted by molar-refractivity contribution is -0.143. The smallest absolute Gasteiger partial charge is 0.321 e. The molecule has 1 fully saturated rings. The van der Waals surface area contributed by atoms with E-state index in [1.807, 2.05) is 24.1 Å². The molecule has 0 unspecified atom stereocenters. The highest BCUT2D eigenvalue weighted by Gasteiger charge is 2.47. The van der Waals surface area contributed by atoms with Crippen LogP contribution in [-0.2, 0) is 14.3 Å². The molecule has 0 spiro atoms. The predicted molar refractivity (Wildman–Crippen MR) is 124 cm³/mol. The first-order valence-electron chi connectivity index (χ1n) is 10.2. The number of fused-ring (bicyclic) bond motifs is 1. The summed E-state index contributed by atoms with van der Waals surface area (Å²) in [4.78, 5) is 18.2. The Labute approximate surface area is 192 Å². The van der Waals surface area contributed by atoms with Gasteiger partial charge in [0.2, 0.25) is 0 Å². The average Bonchev–Trinajstić information content (AvgIpc) is 2.72. The van der Waals surface area contributed by atoms with E-state index in [0.717, 1.165) is 17.2 Å². The van der Waals surface area contributed by atoms with E-state index in [9.17, 15) is 15.0 Å². The van der Waals surface area contributed by atoms with Crippen LogP contribution in [0.15, 0.2) is 23.2 Å². The fourth-order valence-electron chi connectivity index (χ4n) is 3.84. The first-order chi connectivity index (χ1) is 15.0. The van der Waals surface area contributed by atoms with Crippen LogP contribution in [0.25, 0.3) is 0 Å². The molecular weight excluding hydrogens is 440 g/mol. The lowest BCUT2D eigenvalue weighted by Gasteiger charge is -2.50. The SMILES string of the molecule is COCCOCCOc1ccc(C2=N[C@@H]3[C@@H](CS2)C[C@H]3N(C)[C@H](CS)C(=O)O)c(O)c1. The molecule has 0 amide bonds. The summed E-state index contributed by atoms with van der Waals surface area (Å²) in [5, 5.41) is 20.7. The fourth-order valence-corrected chi connectivity index (χ4v) is 5.48. The first-order valence-corrected chi connectivity index (χ1v) is 11.9. The highest BCUT2D eigenvalue weighted by atomic mass is 32.2. The van der Waals surface area contributed by atoms with Crippen molar-refractivity contribution in [3.63, 3.8) is 0 Å². The van der Waals surface area contributed by atoms with Crippen LogP contribution in [0, 0.1) is 5.92 Å². The Kier molecular flexibility index (Phi) is 8.91. The number of phenolic OH excluding ortho intramolecular Hbond substituents is 1. The minimum Gasteiger partial charge on any atom is -0.507 e. The maximum Gasteiger partial charge on any atom is 0.321 e. The van der Waals surface area contributed by atoms with Crippen molar-refractivity contribution in [3.8, 4) is 11.5 Å². The molecule has 1 heterocycles. The number of thiol groups is 1. The number of carboxylic acids is 1. The Morgan fingerprint density at radius 3 is 2.81 bits per heavy atom. The highest BCUT2D eigenvalue weighted by molar-refractivity contribution is 8.14. The topological polar surface area (TPSA) is 101 Å². The van der Waals surface area contributed by atoms with E-state index in [4.69, 9.17) is 19.2 Å². The number of aromatic hydroxyl groups is 1. The van der Waals surface area contributed by atoms with Gasteiger partial charge in [0.05, 0.1) is 25.9 Å². The number of benzene rings is 1. The third kappa shape index (κ3) is 5.87. The van der Waals surface area contributed by atoms with Gasteiger partial charge in [0, 0.05) is 36.3 Å². The Morgan fingerprint density at radius 1 is 1.35 bits per heavy atom. The van der Waals surface area contributed by atoms with Gasteiger partial charge in [0.1, 0.15) is 29.2 Å². The van der Waals surface area contributed by atoms with Crippen molar-refractivity contribution >= 4 is 35.4 Å². The largest absolute Gasteiger partial charge is 0.507 e. The number of hydrogen-bond acceptors (Lipinski definition) is 9. The molecule has 172 valence electrons. The van der Waals surface area contributed by atoms with Gasteiger partial charge in [-0.25, -0.2) is 0 Å². The molecule has 4 atom stereocenters. The molecule has 3 rings (SSSR count). The number of aliphatic carboxylic acids is 1. The van der Waals surface area contributed by atoms with E-state index in [1.165, 1.54) is 0 Å². The number of nitrogens with zero attached hydrogens (tertiary/aromatic N) is 2. The van der Waals surface area contributed by atoms with Gasteiger partial charge in [-0.15, -0.1) is 11.8 Å². The summed E-state index contributed by atoms with van der Waals surface area (Å²) >= 11 is 5.82. The monoisotopic (exact) mass is 470 g/mol. The van der Waals surface area contributed by atoms with Crippen LogP contribution in [0.1, 0.15) is 12.0 Å². The molecule has 1 aliphatic heterocycles. The van der Waals surface area contributed by atoms with E-state index in [0.29, 0.717) is 43.7 Å². The van der Waals surface area contributed by atoms with Gasteiger partial charge in [-0.2, -0.15) is 12.6 Å². The van der Waals surface area contributed by atoms with Crippen LogP contribution in [0.5, 0.6) is 11.5 Å². The van der Waals surface area contributed by atoms with Gasteiger partial charge in [-0.3, -0.25) is 14.7 Å². The van der Waals surface area contributed by atoms with E-state index in [2.05, 4.69) is 12.6 Å². The van der Waals surface area contributed by atoms with Crippen molar-refractivity contribution in [1.82, 2.24) is 4.90 Å². The maximum absolute atomic E-state index is 11.5. The van der Waals surface area contributed by atoms with Crippen LogP contribution >= 0.6 is 24.4 Å². The molecule has 10 heteroatoms. The van der Waals surface area contributed by atoms with Gasteiger partial charge in [0.15, 0.2) is 0 Å². The highest BCUT2D eigenvalue weighted by Crippen LogP contribution is 2.43. The lowest BCUT2D eigenvalue weighted by atomic mass is 9.74. The predicted octanol–water partition coefficient (Wildman–Crippen LogP) is 2.00. The molecule has 2 N–H and O–H groups in total. The average molecular weight is 471 g/mol. The Hall–Kier alpha value is -1.46. The summed E-state index contributed by atoms with van der Waals surface area (Å²) in [6.07, 6.45) is 0.924. The standard InChI is InChI=1S/C21H30N2O6S2/c1-23(17(11-30)21(25)26)16-9-13-12-31-20(22-19(13)16)15-4-3-14(10-18(15)24)29-8-7-28-6-5-27-2/h3-4,10,13,16-17,19,24,30H,5-9,11-12H2,1-2H3,(H,25,26)/t13-,16-,17-,19-/m1/s1. The Morgan fingerprint density at radius 2 is 2.13 bits per heavy atom. The van der Waals surface area contributed by atoms with Crippen LogP contribution in [0.4, 0.5) is 0 Å². The van der Waals surface area contributed by atoms with Crippen LogP contribution in [0.2, 0.25) is 0 Å². The molecule has 1 aliphatic carbocycles. The van der Waals surface area contributed by atoms with E-state index in [1.54, 1.807) is 24.9 Å². The van der Waals surface area contributed by atoms with Gasteiger partial charge in [-0.1, -0.05) is 0 Å². The number of carbonyl (C=O) groups is 1.